The van der Waals surface area contributed by atoms with Gasteiger partial charge in [-0.2, -0.15) is 0 Å². The van der Waals surface area contributed by atoms with Gasteiger partial charge in [-0.1, -0.05) is 36.4 Å². The highest BCUT2D eigenvalue weighted by Crippen LogP contribution is 2.25. The molecule has 1 atom stereocenters. The van der Waals surface area contributed by atoms with Crippen LogP contribution in [0.15, 0.2) is 78.9 Å². The lowest BCUT2D eigenvalue weighted by molar-refractivity contribution is -0.114. The molecule has 1 fully saturated rings. The molecule has 4 rings (SSSR count). The molecule has 35 heavy (non-hydrogen) atoms. The summed E-state index contributed by atoms with van der Waals surface area (Å²) in [7, 11) is 0. The first kappa shape index (κ1) is 24.3. The number of carbonyl (C=O) groups excluding carboxylic acids is 2. The molecule has 0 aromatic heterocycles. The molecule has 182 valence electrons. The van der Waals surface area contributed by atoms with Crippen molar-refractivity contribution in [3.05, 3.63) is 84.4 Å². The molecular formula is C28H31N3O4. The Hall–Kier alpha value is -3.84. The molecule has 0 radical (unpaired) electrons. The van der Waals surface area contributed by atoms with Crippen LogP contribution in [0.25, 0.3) is 0 Å². The minimum Gasteiger partial charge on any atom is -0.489 e. The molecule has 1 aliphatic heterocycles. The van der Waals surface area contributed by atoms with Gasteiger partial charge >= 0.3 is 0 Å². The molecule has 3 aromatic rings. The Balaban J connectivity index is 1.34. The van der Waals surface area contributed by atoms with Gasteiger partial charge in [0, 0.05) is 30.1 Å². The van der Waals surface area contributed by atoms with E-state index in [-0.39, 0.29) is 24.5 Å². The Kier molecular flexibility index (Phi) is 8.35. The zero-order valence-corrected chi connectivity index (χ0v) is 19.9. The maximum absolute atomic E-state index is 13.1. The fourth-order valence-corrected chi connectivity index (χ4v) is 4.01. The van der Waals surface area contributed by atoms with Gasteiger partial charge in [-0.25, -0.2) is 0 Å². The lowest BCUT2D eigenvalue weighted by atomic mass is 10.1. The van der Waals surface area contributed by atoms with Gasteiger partial charge in [0.1, 0.15) is 12.4 Å². The van der Waals surface area contributed by atoms with E-state index in [0.717, 1.165) is 30.8 Å². The first-order valence-corrected chi connectivity index (χ1v) is 12.0. The molecule has 0 aliphatic carbocycles. The van der Waals surface area contributed by atoms with Crippen molar-refractivity contribution >= 4 is 28.9 Å². The largest absolute Gasteiger partial charge is 0.489 e. The van der Waals surface area contributed by atoms with Gasteiger partial charge in [-0.05, 0) is 62.2 Å². The van der Waals surface area contributed by atoms with Crippen molar-refractivity contribution in [1.82, 2.24) is 0 Å². The average Bonchev–Trinajstić information content (AvgIpc) is 3.42. The summed E-state index contributed by atoms with van der Waals surface area (Å²) >= 11 is 0. The second kappa shape index (κ2) is 12.0. The van der Waals surface area contributed by atoms with E-state index in [1.807, 2.05) is 61.5 Å². The van der Waals surface area contributed by atoms with Crippen molar-refractivity contribution in [2.45, 2.75) is 25.9 Å². The van der Waals surface area contributed by atoms with Crippen LogP contribution < -0.4 is 20.3 Å². The van der Waals surface area contributed by atoms with E-state index < -0.39 is 0 Å². The normalized spacial score (nSPS) is 14.8. The smallest absolute Gasteiger partial charge is 0.258 e. The monoisotopic (exact) mass is 473 g/mol. The molecule has 0 bridgehead atoms. The fraction of sp³-hybridized carbons (Fsp3) is 0.286. The second-order valence-corrected chi connectivity index (χ2v) is 8.31. The third-order valence-electron chi connectivity index (χ3n) is 5.80. The third-order valence-corrected chi connectivity index (χ3v) is 5.80. The Morgan fingerprint density at radius 3 is 2.60 bits per heavy atom. The van der Waals surface area contributed by atoms with Crippen LogP contribution in [-0.4, -0.2) is 44.2 Å². The molecule has 1 saturated heterocycles. The number of benzene rings is 3. The number of amides is 2. The molecule has 1 aliphatic rings. The van der Waals surface area contributed by atoms with Crippen LogP contribution in [0.3, 0.4) is 0 Å². The van der Waals surface area contributed by atoms with E-state index in [4.69, 9.17) is 9.47 Å². The number of anilines is 3. The summed E-state index contributed by atoms with van der Waals surface area (Å²) in [6.45, 7) is 3.80. The predicted molar refractivity (Wildman–Crippen MR) is 138 cm³/mol. The molecule has 1 heterocycles. The molecule has 2 N–H and O–H groups in total. The van der Waals surface area contributed by atoms with E-state index in [1.54, 1.807) is 29.2 Å². The predicted octanol–water partition coefficient (Wildman–Crippen LogP) is 4.96. The zero-order valence-electron chi connectivity index (χ0n) is 19.9. The Labute approximate surface area is 206 Å². The van der Waals surface area contributed by atoms with Crippen molar-refractivity contribution in [3.8, 4) is 5.75 Å². The van der Waals surface area contributed by atoms with E-state index in [9.17, 15) is 9.59 Å². The summed E-state index contributed by atoms with van der Waals surface area (Å²) in [5.41, 5.74) is 2.65. The summed E-state index contributed by atoms with van der Waals surface area (Å²) in [4.78, 5) is 27.4. The van der Waals surface area contributed by atoms with Crippen molar-refractivity contribution in [3.63, 3.8) is 0 Å². The highest BCUT2D eigenvalue weighted by Gasteiger charge is 2.18. The van der Waals surface area contributed by atoms with Crippen molar-refractivity contribution in [2.75, 3.05) is 41.8 Å². The maximum Gasteiger partial charge on any atom is 0.258 e. The number of hydrogen-bond donors (Lipinski definition) is 2. The van der Waals surface area contributed by atoms with E-state index in [1.165, 1.54) is 0 Å². The van der Waals surface area contributed by atoms with Crippen LogP contribution >= 0.6 is 0 Å². The summed E-state index contributed by atoms with van der Waals surface area (Å²) < 4.78 is 11.5. The first-order valence-electron chi connectivity index (χ1n) is 12.0. The first-order chi connectivity index (χ1) is 17.1. The highest BCUT2D eigenvalue weighted by atomic mass is 16.5. The molecule has 7 nitrogen and oxygen atoms in total. The van der Waals surface area contributed by atoms with Crippen molar-refractivity contribution < 1.29 is 19.1 Å². The lowest BCUT2D eigenvalue weighted by Crippen LogP contribution is -2.30. The molecule has 7 heteroatoms. The maximum atomic E-state index is 13.1. The molecule has 0 saturated carbocycles. The SMILES string of the molecule is CCN(C(=O)c1cccc(NC(=O)CNc2ccccc2OCC2CCCO2)c1)c1ccccc1. The van der Waals surface area contributed by atoms with Crippen LogP contribution in [0.2, 0.25) is 0 Å². The lowest BCUT2D eigenvalue weighted by Gasteiger charge is -2.21. The summed E-state index contributed by atoms with van der Waals surface area (Å²) in [5, 5.41) is 6.01. The number of ether oxygens (including phenoxy) is 2. The Morgan fingerprint density at radius 2 is 1.83 bits per heavy atom. The summed E-state index contributed by atoms with van der Waals surface area (Å²) in [6.07, 6.45) is 2.18. The quantitative estimate of drug-likeness (QED) is 0.435. The number of para-hydroxylation sites is 3. The molecule has 3 aromatic carbocycles. The van der Waals surface area contributed by atoms with Gasteiger partial charge in [0.15, 0.2) is 0 Å². The number of rotatable bonds is 10. The van der Waals surface area contributed by atoms with Crippen molar-refractivity contribution in [2.24, 2.45) is 0 Å². The van der Waals surface area contributed by atoms with Gasteiger partial charge in [-0.15, -0.1) is 0 Å². The highest BCUT2D eigenvalue weighted by molar-refractivity contribution is 6.07. The van der Waals surface area contributed by atoms with E-state index in [0.29, 0.717) is 30.2 Å². The third kappa shape index (κ3) is 6.61. The van der Waals surface area contributed by atoms with Gasteiger partial charge in [0.25, 0.3) is 5.91 Å². The van der Waals surface area contributed by atoms with Crippen molar-refractivity contribution in [1.29, 1.82) is 0 Å². The minimum atomic E-state index is -0.223. The van der Waals surface area contributed by atoms with Gasteiger partial charge < -0.3 is 25.0 Å². The standard InChI is InChI=1S/C28H31N3O4/c1-2-31(23-12-4-3-5-13-23)28(33)21-10-8-11-22(18-21)30-27(32)19-29-25-15-6-7-16-26(25)35-20-24-14-9-17-34-24/h3-8,10-13,15-16,18,24,29H,2,9,14,17,19-20H2,1H3,(H,30,32). The Bertz CT molecular complexity index is 1130. The second-order valence-electron chi connectivity index (χ2n) is 8.31. The van der Waals surface area contributed by atoms with Crippen LogP contribution in [0.5, 0.6) is 5.75 Å². The van der Waals surface area contributed by atoms with Gasteiger partial charge in [0.2, 0.25) is 5.91 Å². The average molecular weight is 474 g/mol. The van der Waals surface area contributed by atoms with E-state index in [2.05, 4.69) is 10.6 Å². The van der Waals surface area contributed by atoms with Gasteiger partial charge in [-0.3, -0.25) is 9.59 Å². The molecule has 0 spiro atoms. The van der Waals surface area contributed by atoms with Crippen LogP contribution in [0, 0.1) is 0 Å². The number of nitrogens with zero attached hydrogens (tertiary/aromatic N) is 1. The number of nitrogens with one attached hydrogen (secondary N) is 2. The summed E-state index contributed by atoms with van der Waals surface area (Å²) in [5.74, 6) is 0.341. The topological polar surface area (TPSA) is 79.9 Å². The number of carbonyl (C=O) groups is 2. The van der Waals surface area contributed by atoms with Crippen LogP contribution in [-0.2, 0) is 9.53 Å². The molecule has 1 unspecified atom stereocenters. The number of hydrogen-bond acceptors (Lipinski definition) is 5. The minimum absolute atomic E-state index is 0.0591. The molecule has 2 amide bonds. The van der Waals surface area contributed by atoms with Crippen LogP contribution in [0.4, 0.5) is 17.1 Å². The van der Waals surface area contributed by atoms with E-state index >= 15 is 0 Å². The van der Waals surface area contributed by atoms with Crippen LogP contribution in [0.1, 0.15) is 30.1 Å². The summed E-state index contributed by atoms with van der Waals surface area (Å²) in [6, 6.07) is 24.1. The fourth-order valence-electron chi connectivity index (χ4n) is 4.01. The zero-order chi connectivity index (χ0) is 24.5. The Morgan fingerprint density at radius 1 is 1.03 bits per heavy atom. The van der Waals surface area contributed by atoms with Gasteiger partial charge in [0.05, 0.1) is 18.3 Å². The molecular weight excluding hydrogens is 442 g/mol.